The smallest absolute Gasteiger partial charge is 0.129 e. The molecule has 4 nitrogen and oxygen atoms in total. The van der Waals surface area contributed by atoms with Crippen LogP contribution >= 0.6 is 0 Å². The van der Waals surface area contributed by atoms with E-state index in [4.69, 9.17) is 9.15 Å². The summed E-state index contributed by atoms with van der Waals surface area (Å²) in [5.74, 6) is 0.546. The van der Waals surface area contributed by atoms with Crippen LogP contribution in [0.4, 0.5) is 4.39 Å². The summed E-state index contributed by atoms with van der Waals surface area (Å²) in [5, 5.41) is 10.2. The third-order valence-corrected chi connectivity index (χ3v) is 3.97. The van der Waals surface area contributed by atoms with E-state index in [1.807, 2.05) is 12.1 Å². The number of rotatable bonds is 9. The van der Waals surface area contributed by atoms with E-state index in [1.54, 1.807) is 24.5 Å². The van der Waals surface area contributed by atoms with Crippen molar-refractivity contribution in [1.29, 1.82) is 0 Å². The Balaban J connectivity index is 1.48. The lowest BCUT2D eigenvalue weighted by Gasteiger charge is -2.25. The zero-order chi connectivity index (χ0) is 16.1. The molecule has 5 heteroatoms. The lowest BCUT2D eigenvalue weighted by atomic mass is 10.2. The second-order valence-electron chi connectivity index (χ2n) is 6.00. The van der Waals surface area contributed by atoms with E-state index >= 15 is 0 Å². The quantitative estimate of drug-likeness (QED) is 0.772. The molecule has 1 aliphatic rings. The Bertz CT molecular complexity index is 598. The summed E-state index contributed by atoms with van der Waals surface area (Å²) < 4.78 is 24.5. The van der Waals surface area contributed by atoms with E-state index in [-0.39, 0.29) is 12.4 Å². The van der Waals surface area contributed by atoms with Crippen LogP contribution in [0.1, 0.15) is 24.2 Å². The van der Waals surface area contributed by atoms with Gasteiger partial charge in [-0.05, 0) is 31.0 Å². The molecule has 2 aromatic rings. The standard InChI is InChI=1S/C18H22FNO3/c19-18-6-2-1-4-14(18)10-20(15-7-8-15)11-16(21)12-22-13-17-5-3-9-23-17/h1-6,9,15-16,21H,7-8,10-13H2. The van der Waals surface area contributed by atoms with E-state index in [1.165, 1.54) is 6.07 Å². The number of aliphatic hydroxyl groups is 1. The van der Waals surface area contributed by atoms with Crippen LogP contribution in [-0.4, -0.2) is 35.3 Å². The average molecular weight is 319 g/mol. The van der Waals surface area contributed by atoms with Crippen LogP contribution < -0.4 is 0 Å². The topological polar surface area (TPSA) is 45.8 Å². The van der Waals surface area contributed by atoms with Gasteiger partial charge in [0.05, 0.1) is 19.0 Å². The molecule has 0 spiro atoms. The highest BCUT2D eigenvalue weighted by atomic mass is 19.1. The number of halogens is 1. The van der Waals surface area contributed by atoms with Crippen LogP contribution in [0.5, 0.6) is 0 Å². The number of aliphatic hydroxyl groups excluding tert-OH is 1. The van der Waals surface area contributed by atoms with Gasteiger partial charge in [-0.1, -0.05) is 18.2 Å². The first-order valence-electron chi connectivity index (χ1n) is 7.98. The third kappa shape index (κ3) is 4.89. The van der Waals surface area contributed by atoms with E-state index in [9.17, 15) is 9.50 Å². The summed E-state index contributed by atoms with van der Waals surface area (Å²) >= 11 is 0. The zero-order valence-electron chi connectivity index (χ0n) is 13.0. The van der Waals surface area contributed by atoms with Crippen LogP contribution in [0, 0.1) is 5.82 Å². The van der Waals surface area contributed by atoms with Crippen molar-refractivity contribution in [3.05, 3.63) is 59.8 Å². The summed E-state index contributed by atoms with van der Waals surface area (Å²) in [4.78, 5) is 2.14. The first-order chi connectivity index (χ1) is 11.2. The minimum Gasteiger partial charge on any atom is -0.467 e. The first-order valence-corrected chi connectivity index (χ1v) is 7.98. The summed E-state index contributed by atoms with van der Waals surface area (Å²) in [6.07, 6.45) is 3.21. The molecule has 1 N–H and O–H groups in total. The van der Waals surface area contributed by atoms with Gasteiger partial charge in [0.25, 0.3) is 0 Å². The molecule has 0 radical (unpaired) electrons. The number of nitrogens with zero attached hydrogens (tertiary/aromatic N) is 1. The van der Waals surface area contributed by atoms with Gasteiger partial charge in [-0.2, -0.15) is 0 Å². The second kappa shape index (κ2) is 7.73. The van der Waals surface area contributed by atoms with Crippen molar-refractivity contribution in [1.82, 2.24) is 4.90 Å². The highest BCUT2D eigenvalue weighted by molar-refractivity contribution is 5.17. The van der Waals surface area contributed by atoms with Crippen molar-refractivity contribution in [2.45, 2.75) is 38.1 Å². The van der Waals surface area contributed by atoms with Gasteiger partial charge in [-0.25, -0.2) is 4.39 Å². The molecule has 1 aliphatic carbocycles. The number of furan rings is 1. The van der Waals surface area contributed by atoms with Gasteiger partial charge in [0.1, 0.15) is 18.2 Å². The maximum Gasteiger partial charge on any atom is 0.129 e. The fourth-order valence-electron chi connectivity index (χ4n) is 2.64. The van der Waals surface area contributed by atoms with Gasteiger partial charge in [0, 0.05) is 24.7 Å². The predicted octanol–water partition coefficient (Wildman–Crippen LogP) is 2.96. The Hall–Kier alpha value is -1.69. The van der Waals surface area contributed by atoms with Gasteiger partial charge in [-0.15, -0.1) is 0 Å². The maximum atomic E-state index is 13.8. The van der Waals surface area contributed by atoms with Crippen molar-refractivity contribution in [3.63, 3.8) is 0 Å². The zero-order valence-corrected chi connectivity index (χ0v) is 13.0. The first kappa shape index (κ1) is 16.2. The molecule has 1 fully saturated rings. The minimum atomic E-state index is -0.600. The van der Waals surface area contributed by atoms with Gasteiger partial charge in [-0.3, -0.25) is 4.90 Å². The molecule has 1 atom stereocenters. The van der Waals surface area contributed by atoms with Crippen molar-refractivity contribution in [2.24, 2.45) is 0 Å². The molecule has 0 saturated heterocycles. The molecule has 1 saturated carbocycles. The Morgan fingerprint density at radius 1 is 1.26 bits per heavy atom. The molecular formula is C18H22FNO3. The van der Waals surface area contributed by atoms with Crippen LogP contribution in [0.2, 0.25) is 0 Å². The molecule has 0 bridgehead atoms. The normalized spacial score (nSPS) is 16.0. The molecule has 1 aromatic heterocycles. The molecule has 1 unspecified atom stereocenters. The van der Waals surface area contributed by atoms with Crippen LogP contribution in [0.3, 0.4) is 0 Å². The summed E-state index contributed by atoms with van der Waals surface area (Å²) in [6, 6.07) is 10.9. The van der Waals surface area contributed by atoms with Gasteiger partial charge < -0.3 is 14.3 Å². The van der Waals surface area contributed by atoms with E-state index < -0.39 is 6.10 Å². The fourth-order valence-corrected chi connectivity index (χ4v) is 2.64. The predicted molar refractivity (Wildman–Crippen MR) is 84.2 cm³/mol. The summed E-state index contributed by atoms with van der Waals surface area (Å²) in [7, 11) is 0. The largest absolute Gasteiger partial charge is 0.467 e. The molecule has 0 amide bonds. The summed E-state index contributed by atoms with van der Waals surface area (Å²) in [6.45, 7) is 1.59. The Morgan fingerprint density at radius 2 is 2.09 bits per heavy atom. The second-order valence-corrected chi connectivity index (χ2v) is 6.00. The number of benzene rings is 1. The minimum absolute atomic E-state index is 0.193. The highest BCUT2D eigenvalue weighted by Gasteiger charge is 2.30. The molecule has 1 heterocycles. The van der Waals surface area contributed by atoms with Gasteiger partial charge in [0.2, 0.25) is 0 Å². The van der Waals surface area contributed by atoms with Crippen molar-refractivity contribution in [3.8, 4) is 0 Å². The molecule has 0 aliphatic heterocycles. The molecule has 124 valence electrons. The number of ether oxygens (including phenoxy) is 1. The maximum absolute atomic E-state index is 13.8. The Kier molecular flexibility index (Phi) is 5.43. The monoisotopic (exact) mass is 319 g/mol. The Labute approximate surface area is 135 Å². The lowest BCUT2D eigenvalue weighted by Crippen LogP contribution is -2.36. The Morgan fingerprint density at radius 3 is 2.78 bits per heavy atom. The van der Waals surface area contributed by atoms with Gasteiger partial charge in [0.15, 0.2) is 0 Å². The molecular weight excluding hydrogens is 297 g/mol. The fraction of sp³-hybridized carbons (Fsp3) is 0.444. The van der Waals surface area contributed by atoms with Crippen molar-refractivity contribution < 1.29 is 18.7 Å². The highest BCUT2D eigenvalue weighted by Crippen LogP contribution is 2.28. The number of hydrogen-bond acceptors (Lipinski definition) is 4. The van der Waals surface area contributed by atoms with Crippen LogP contribution in [-0.2, 0) is 17.9 Å². The van der Waals surface area contributed by atoms with E-state index in [2.05, 4.69) is 4.90 Å². The van der Waals surface area contributed by atoms with E-state index in [0.29, 0.717) is 31.3 Å². The average Bonchev–Trinajstić information content (AvgIpc) is 3.26. The lowest BCUT2D eigenvalue weighted by molar-refractivity contribution is 0.00232. The van der Waals surface area contributed by atoms with Gasteiger partial charge >= 0.3 is 0 Å². The van der Waals surface area contributed by atoms with Crippen LogP contribution in [0.25, 0.3) is 0 Å². The molecule has 23 heavy (non-hydrogen) atoms. The number of hydrogen-bond donors (Lipinski definition) is 1. The van der Waals surface area contributed by atoms with Crippen LogP contribution in [0.15, 0.2) is 47.1 Å². The molecule has 3 rings (SSSR count). The molecule has 1 aromatic carbocycles. The summed E-state index contributed by atoms with van der Waals surface area (Å²) in [5.41, 5.74) is 0.670. The van der Waals surface area contributed by atoms with Crippen molar-refractivity contribution in [2.75, 3.05) is 13.2 Å². The third-order valence-electron chi connectivity index (χ3n) is 3.97. The van der Waals surface area contributed by atoms with E-state index in [0.717, 1.165) is 18.6 Å². The van der Waals surface area contributed by atoms with Crippen molar-refractivity contribution >= 4 is 0 Å². The SMILES string of the molecule is OC(COCc1ccco1)CN(Cc1ccccc1F)C1CC1.